The quantitative estimate of drug-likeness (QED) is 0.725. The number of methoxy groups -OCH3 is 1. The van der Waals surface area contributed by atoms with Gasteiger partial charge in [-0.2, -0.15) is 0 Å². The van der Waals surface area contributed by atoms with Gasteiger partial charge in [0, 0.05) is 8.95 Å². The molecule has 0 aliphatic heterocycles. The van der Waals surface area contributed by atoms with Crippen molar-refractivity contribution in [3.63, 3.8) is 0 Å². The van der Waals surface area contributed by atoms with E-state index in [1.807, 2.05) is 30.3 Å². The monoisotopic (exact) mass is 384 g/mol. The van der Waals surface area contributed by atoms with Gasteiger partial charge in [0.2, 0.25) is 0 Å². The molecule has 0 radical (unpaired) electrons. The zero-order valence-electron chi connectivity index (χ0n) is 10.5. The van der Waals surface area contributed by atoms with Gasteiger partial charge in [0.25, 0.3) is 0 Å². The molecule has 2 aromatic carbocycles. The highest BCUT2D eigenvalue weighted by Crippen LogP contribution is 2.21. The van der Waals surface area contributed by atoms with Crippen LogP contribution in [0.25, 0.3) is 0 Å². The molecule has 0 fully saturated rings. The van der Waals surface area contributed by atoms with Crippen molar-refractivity contribution in [2.24, 2.45) is 0 Å². The van der Waals surface area contributed by atoms with E-state index in [-0.39, 0.29) is 0 Å². The average molecular weight is 386 g/mol. The standard InChI is InChI=1S/C15H14Br2O2/c1-18-15-4-2-11(3-5-15)9-19-10-12-6-13(16)8-14(17)7-12/h2-8H,9-10H2,1H3. The van der Waals surface area contributed by atoms with E-state index in [2.05, 4.69) is 44.0 Å². The van der Waals surface area contributed by atoms with E-state index in [0.29, 0.717) is 13.2 Å². The maximum atomic E-state index is 5.71. The first kappa shape index (κ1) is 14.6. The molecule has 4 heteroatoms. The summed E-state index contributed by atoms with van der Waals surface area (Å²) in [4.78, 5) is 0. The lowest BCUT2D eigenvalue weighted by Crippen LogP contribution is -1.94. The van der Waals surface area contributed by atoms with Crippen molar-refractivity contribution in [1.29, 1.82) is 0 Å². The molecule has 0 N–H and O–H groups in total. The van der Waals surface area contributed by atoms with Crippen LogP contribution < -0.4 is 4.74 Å². The van der Waals surface area contributed by atoms with Gasteiger partial charge >= 0.3 is 0 Å². The van der Waals surface area contributed by atoms with Gasteiger partial charge in [-0.15, -0.1) is 0 Å². The fourth-order valence-corrected chi connectivity index (χ4v) is 3.09. The molecule has 0 unspecified atom stereocenters. The molecule has 2 nitrogen and oxygen atoms in total. The molecule has 0 atom stereocenters. The lowest BCUT2D eigenvalue weighted by atomic mass is 10.2. The molecule has 0 saturated carbocycles. The first-order chi connectivity index (χ1) is 9.17. The molecule has 0 aromatic heterocycles. The Balaban J connectivity index is 1.88. The van der Waals surface area contributed by atoms with Gasteiger partial charge in [-0.25, -0.2) is 0 Å². The number of hydrogen-bond donors (Lipinski definition) is 0. The Morgan fingerprint density at radius 1 is 0.842 bits per heavy atom. The van der Waals surface area contributed by atoms with Crippen LogP contribution in [0.2, 0.25) is 0 Å². The largest absolute Gasteiger partial charge is 0.497 e. The molecule has 0 heterocycles. The Labute approximate surface area is 130 Å². The van der Waals surface area contributed by atoms with Crippen molar-refractivity contribution in [3.8, 4) is 5.75 Å². The molecule has 100 valence electrons. The molecule has 0 bridgehead atoms. The van der Waals surface area contributed by atoms with E-state index in [1.54, 1.807) is 7.11 Å². The molecule has 2 rings (SSSR count). The minimum absolute atomic E-state index is 0.587. The van der Waals surface area contributed by atoms with Gasteiger partial charge in [0.15, 0.2) is 0 Å². The highest BCUT2D eigenvalue weighted by atomic mass is 79.9. The molecular weight excluding hydrogens is 372 g/mol. The second kappa shape index (κ2) is 7.08. The molecule has 0 spiro atoms. The fourth-order valence-electron chi connectivity index (χ4n) is 1.70. The Kier molecular flexibility index (Phi) is 5.43. The zero-order valence-corrected chi connectivity index (χ0v) is 13.7. The van der Waals surface area contributed by atoms with E-state index in [4.69, 9.17) is 9.47 Å². The highest BCUT2D eigenvalue weighted by Gasteiger charge is 1.99. The highest BCUT2D eigenvalue weighted by molar-refractivity contribution is 9.11. The molecule has 0 amide bonds. The summed E-state index contributed by atoms with van der Waals surface area (Å²) in [6.07, 6.45) is 0. The number of hydrogen-bond acceptors (Lipinski definition) is 2. The average Bonchev–Trinajstić information content (AvgIpc) is 2.38. The zero-order chi connectivity index (χ0) is 13.7. The van der Waals surface area contributed by atoms with Gasteiger partial charge < -0.3 is 9.47 Å². The van der Waals surface area contributed by atoms with Crippen molar-refractivity contribution in [2.75, 3.05) is 7.11 Å². The summed E-state index contributed by atoms with van der Waals surface area (Å²) in [6.45, 7) is 1.18. The summed E-state index contributed by atoms with van der Waals surface area (Å²) in [5, 5.41) is 0. The predicted molar refractivity (Wildman–Crippen MR) is 83.3 cm³/mol. The van der Waals surface area contributed by atoms with Crippen molar-refractivity contribution in [2.45, 2.75) is 13.2 Å². The van der Waals surface area contributed by atoms with Gasteiger partial charge in [-0.1, -0.05) is 44.0 Å². The van der Waals surface area contributed by atoms with E-state index in [1.165, 1.54) is 0 Å². The molecule has 19 heavy (non-hydrogen) atoms. The van der Waals surface area contributed by atoms with Crippen LogP contribution >= 0.6 is 31.9 Å². The van der Waals surface area contributed by atoms with Crippen LogP contribution in [0.1, 0.15) is 11.1 Å². The summed E-state index contributed by atoms with van der Waals surface area (Å²) < 4.78 is 12.9. The number of rotatable bonds is 5. The topological polar surface area (TPSA) is 18.5 Å². The van der Waals surface area contributed by atoms with E-state index < -0.39 is 0 Å². The molecule has 0 aliphatic carbocycles. The number of halogens is 2. The minimum atomic E-state index is 0.587. The molecule has 0 saturated heterocycles. The van der Waals surface area contributed by atoms with Crippen LogP contribution in [0.5, 0.6) is 5.75 Å². The first-order valence-corrected chi connectivity index (χ1v) is 7.41. The normalized spacial score (nSPS) is 10.5. The van der Waals surface area contributed by atoms with Crippen molar-refractivity contribution < 1.29 is 9.47 Å². The van der Waals surface area contributed by atoms with Gasteiger partial charge in [-0.3, -0.25) is 0 Å². The third kappa shape index (κ3) is 4.64. The van der Waals surface area contributed by atoms with Crippen molar-refractivity contribution in [3.05, 3.63) is 62.5 Å². The van der Waals surface area contributed by atoms with Gasteiger partial charge in [-0.05, 0) is 41.5 Å². The van der Waals surface area contributed by atoms with Crippen LogP contribution in [-0.4, -0.2) is 7.11 Å². The van der Waals surface area contributed by atoms with Crippen LogP contribution in [0, 0.1) is 0 Å². The third-order valence-corrected chi connectivity index (χ3v) is 3.53. The maximum Gasteiger partial charge on any atom is 0.118 e. The molecular formula is C15H14Br2O2. The van der Waals surface area contributed by atoms with Crippen molar-refractivity contribution >= 4 is 31.9 Å². The Morgan fingerprint density at radius 2 is 1.42 bits per heavy atom. The summed E-state index contributed by atoms with van der Waals surface area (Å²) in [7, 11) is 1.66. The summed E-state index contributed by atoms with van der Waals surface area (Å²) >= 11 is 6.93. The summed E-state index contributed by atoms with van der Waals surface area (Å²) in [5.41, 5.74) is 2.27. The van der Waals surface area contributed by atoms with Gasteiger partial charge in [0.1, 0.15) is 5.75 Å². The summed E-state index contributed by atoms with van der Waals surface area (Å²) in [5.74, 6) is 0.861. The lowest BCUT2D eigenvalue weighted by molar-refractivity contribution is 0.107. The minimum Gasteiger partial charge on any atom is -0.497 e. The smallest absolute Gasteiger partial charge is 0.118 e. The van der Waals surface area contributed by atoms with E-state index in [9.17, 15) is 0 Å². The van der Waals surface area contributed by atoms with Crippen LogP contribution in [0.4, 0.5) is 0 Å². The SMILES string of the molecule is COc1ccc(COCc2cc(Br)cc(Br)c2)cc1. The Morgan fingerprint density at radius 3 is 2.00 bits per heavy atom. The Bertz CT molecular complexity index is 518. The Hall–Kier alpha value is -0.840. The van der Waals surface area contributed by atoms with E-state index >= 15 is 0 Å². The van der Waals surface area contributed by atoms with Crippen LogP contribution in [-0.2, 0) is 18.0 Å². The predicted octanol–water partition coefficient (Wildman–Crippen LogP) is 4.94. The lowest BCUT2D eigenvalue weighted by Gasteiger charge is -2.07. The number of benzene rings is 2. The molecule has 0 aliphatic rings. The first-order valence-electron chi connectivity index (χ1n) is 5.83. The van der Waals surface area contributed by atoms with Gasteiger partial charge in [0.05, 0.1) is 20.3 Å². The third-order valence-electron chi connectivity index (χ3n) is 2.62. The van der Waals surface area contributed by atoms with Crippen LogP contribution in [0.15, 0.2) is 51.4 Å². The molecule has 2 aromatic rings. The number of ether oxygens (including phenoxy) is 2. The summed E-state index contributed by atoms with van der Waals surface area (Å²) in [6, 6.07) is 14.0. The van der Waals surface area contributed by atoms with Crippen LogP contribution in [0.3, 0.4) is 0 Å². The fraction of sp³-hybridized carbons (Fsp3) is 0.200. The second-order valence-electron chi connectivity index (χ2n) is 4.12. The maximum absolute atomic E-state index is 5.71. The van der Waals surface area contributed by atoms with E-state index in [0.717, 1.165) is 25.8 Å². The van der Waals surface area contributed by atoms with Crippen molar-refractivity contribution in [1.82, 2.24) is 0 Å². The second-order valence-corrected chi connectivity index (χ2v) is 5.95.